The Hall–Kier alpha value is -2.71. The van der Waals surface area contributed by atoms with Crippen molar-refractivity contribution in [1.29, 1.82) is 0 Å². The SMILES string of the molecule is CC/C=C/C/C=C/C/C=C/C/C=C/C/C=C/CCCCCC(=O)O[C@H](COC(=O)CCCCC/C=C/CCCCCCCC)COP(=O)(O)OC1C(O)C(O)C(O)[C@H](O)C1O. The molecule has 0 aromatic carbocycles. The number of allylic oxidation sites excluding steroid dienone is 12. The molecule has 1 aliphatic carbocycles. The summed E-state index contributed by atoms with van der Waals surface area (Å²) in [5.74, 6) is -1.16. The van der Waals surface area contributed by atoms with E-state index in [0.717, 1.165) is 77.0 Å². The van der Waals surface area contributed by atoms with Crippen LogP contribution in [0, 0.1) is 0 Å². The Labute approximate surface area is 365 Å². The number of carbonyl (C=O) groups excluding carboxylic acids is 2. The van der Waals surface area contributed by atoms with Crippen molar-refractivity contribution < 1.29 is 63.1 Å². The number of phosphoric acid groups is 1. The van der Waals surface area contributed by atoms with Crippen molar-refractivity contribution in [2.75, 3.05) is 13.2 Å². The van der Waals surface area contributed by atoms with Gasteiger partial charge in [0.05, 0.1) is 6.61 Å². The molecule has 0 saturated heterocycles. The van der Waals surface area contributed by atoms with E-state index in [-0.39, 0.29) is 12.8 Å². The van der Waals surface area contributed by atoms with Gasteiger partial charge in [-0.3, -0.25) is 18.6 Å². The van der Waals surface area contributed by atoms with Gasteiger partial charge < -0.3 is 39.9 Å². The number of phosphoric ester groups is 1. The third kappa shape index (κ3) is 29.3. The summed E-state index contributed by atoms with van der Waals surface area (Å²) in [7, 11) is -5.13. The molecule has 1 fully saturated rings. The van der Waals surface area contributed by atoms with Crippen molar-refractivity contribution in [3.8, 4) is 0 Å². The lowest BCUT2D eigenvalue weighted by molar-refractivity contribution is -0.220. The van der Waals surface area contributed by atoms with Crippen LogP contribution in [0.2, 0.25) is 0 Å². The van der Waals surface area contributed by atoms with Crippen LogP contribution < -0.4 is 0 Å². The normalized spacial score (nSPS) is 22.7. The summed E-state index contributed by atoms with van der Waals surface area (Å²) >= 11 is 0. The Kier molecular flexibility index (Phi) is 33.9. The second-order valence-corrected chi connectivity index (χ2v) is 16.9. The largest absolute Gasteiger partial charge is 0.472 e. The van der Waals surface area contributed by atoms with Gasteiger partial charge in [0.15, 0.2) is 6.10 Å². The van der Waals surface area contributed by atoms with Gasteiger partial charge in [0.25, 0.3) is 0 Å². The highest BCUT2D eigenvalue weighted by molar-refractivity contribution is 7.47. The van der Waals surface area contributed by atoms with Crippen LogP contribution in [0.15, 0.2) is 72.9 Å². The summed E-state index contributed by atoms with van der Waals surface area (Å²) in [6.45, 7) is 3.12. The molecule has 1 saturated carbocycles. The first-order valence-corrected chi connectivity index (χ1v) is 24.2. The van der Waals surface area contributed by atoms with Crippen molar-refractivity contribution in [3.05, 3.63) is 72.9 Å². The van der Waals surface area contributed by atoms with Crippen LogP contribution in [0.25, 0.3) is 0 Å². The second kappa shape index (κ2) is 36.7. The van der Waals surface area contributed by atoms with Gasteiger partial charge in [-0.2, -0.15) is 0 Å². The molecule has 0 aromatic rings. The fourth-order valence-electron chi connectivity index (χ4n) is 6.37. The lowest BCUT2D eigenvalue weighted by Crippen LogP contribution is -2.64. The first kappa shape index (κ1) is 56.3. The average Bonchev–Trinajstić information content (AvgIpc) is 3.24. The van der Waals surface area contributed by atoms with Gasteiger partial charge >= 0.3 is 19.8 Å². The minimum absolute atomic E-state index is 0.0510. The van der Waals surface area contributed by atoms with Gasteiger partial charge in [-0.15, -0.1) is 0 Å². The van der Waals surface area contributed by atoms with Gasteiger partial charge in [-0.1, -0.05) is 132 Å². The molecule has 0 amide bonds. The van der Waals surface area contributed by atoms with Crippen molar-refractivity contribution in [3.63, 3.8) is 0 Å². The highest BCUT2D eigenvalue weighted by Gasteiger charge is 2.51. The van der Waals surface area contributed by atoms with Crippen LogP contribution in [0.5, 0.6) is 0 Å². The number of carbonyl (C=O) groups is 2. The highest BCUT2D eigenvalue weighted by Crippen LogP contribution is 2.47. The molecule has 0 aromatic heterocycles. The summed E-state index contributed by atoms with van der Waals surface area (Å²) in [5, 5.41) is 50.1. The van der Waals surface area contributed by atoms with Crippen molar-refractivity contribution in [2.24, 2.45) is 0 Å². The Morgan fingerprint density at radius 3 is 1.44 bits per heavy atom. The molecule has 6 unspecified atom stereocenters. The molecule has 61 heavy (non-hydrogen) atoms. The van der Waals surface area contributed by atoms with Crippen LogP contribution in [0.1, 0.15) is 155 Å². The zero-order valence-corrected chi connectivity index (χ0v) is 37.8. The zero-order valence-electron chi connectivity index (χ0n) is 36.9. The predicted octanol–water partition coefficient (Wildman–Crippen LogP) is 8.72. The van der Waals surface area contributed by atoms with Crippen LogP contribution in [0.3, 0.4) is 0 Å². The predicted molar refractivity (Wildman–Crippen MR) is 239 cm³/mol. The maximum absolute atomic E-state index is 12.8. The third-order valence-electron chi connectivity index (χ3n) is 10.0. The van der Waals surface area contributed by atoms with E-state index >= 15 is 0 Å². The number of aliphatic hydroxyl groups is 5. The summed E-state index contributed by atoms with van der Waals surface area (Å²) < 4.78 is 33.4. The first-order valence-electron chi connectivity index (χ1n) is 22.7. The van der Waals surface area contributed by atoms with Crippen molar-refractivity contribution in [2.45, 2.75) is 198 Å². The highest BCUT2D eigenvalue weighted by atomic mass is 31.2. The lowest BCUT2D eigenvalue weighted by Gasteiger charge is -2.41. The number of unbranched alkanes of at least 4 members (excludes halogenated alkanes) is 12. The molecule has 0 radical (unpaired) electrons. The topological polar surface area (TPSA) is 210 Å². The van der Waals surface area contributed by atoms with E-state index < -0.39 is 75.7 Å². The summed E-state index contributed by atoms with van der Waals surface area (Å²) in [4.78, 5) is 35.7. The standard InChI is InChI=1S/C47H79O13P/c1-3-5-7-9-11-13-15-17-18-19-20-21-22-24-26-28-30-32-34-36-41(49)59-39(38-58-61(55,56)60-47-45(53)43(51)42(50)44(52)46(47)54)37-57-40(48)35-33-31-29-27-25-23-16-14-12-10-8-6-4-2/h5,7,11,13,17-18,20-21,23-26,39,42-47,50-54H,3-4,6,8-10,12,14-16,19,22,27-38H2,1-2H3,(H,55,56)/b7-5+,13-11+,18-17+,21-20+,25-23+,26-24+/t39-,42?,43+,44?,45?,46?,47?/m1/s1. The Morgan fingerprint density at radius 1 is 0.525 bits per heavy atom. The number of hydrogen-bond acceptors (Lipinski definition) is 12. The molecule has 350 valence electrons. The molecule has 0 bridgehead atoms. The number of hydrogen-bond donors (Lipinski definition) is 6. The quantitative estimate of drug-likeness (QED) is 0.0151. The van der Waals surface area contributed by atoms with Crippen molar-refractivity contribution in [1.82, 2.24) is 0 Å². The maximum Gasteiger partial charge on any atom is 0.472 e. The number of rotatable bonds is 36. The van der Waals surface area contributed by atoms with E-state index in [1.807, 2.05) is 0 Å². The minimum Gasteiger partial charge on any atom is -0.462 e. The molecular weight excluding hydrogens is 803 g/mol. The smallest absolute Gasteiger partial charge is 0.462 e. The van der Waals surface area contributed by atoms with Crippen LogP contribution in [-0.4, -0.2) is 98.3 Å². The minimum atomic E-state index is -5.13. The van der Waals surface area contributed by atoms with Crippen molar-refractivity contribution >= 4 is 19.8 Å². The molecule has 8 atom stereocenters. The van der Waals surface area contributed by atoms with Gasteiger partial charge in [0.2, 0.25) is 0 Å². The molecule has 6 N–H and O–H groups in total. The van der Waals surface area contributed by atoms with E-state index in [2.05, 4.69) is 86.8 Å². The van der Waals surface area contributed by atoms with E-state index in [1.54, 1.807) is 0 Å². The molecule has 0 heterocycles. The molecule has 1 aliphatic rings. The van der Waals surface area contributed by atoms with Gasteiger partial charge in [0.1, 0.15) is 43.2 Å². The fourth-order valence-corrected chi connectivity index (χ4v) is 7.34. The summed E-state index contributed by atoms with van der Waals surface area (Å²) in [5.41, 5.74) is 0. The third-order valence-corrected chi connectivity index (χ3v) is 11.0. The Balaban J connectivity index is 2.51. The lowest BCUT2D eigenvalue weighted by atomic mass is 9.85. The summed E-state index contributed by atoms with van der Waals surface area (Å²) in [6.07, 6.45) is 32.4. The van der Waals surface area contributed by atoms with Gasteiger partial charge in [0, 0.05) is 12.8 Å². The van der Waals surface area contributed by atoms with E-state index in [9.17, 15) is 44.6 Å². The fraction of sp³-hybridized carbons (Fsp3) is 0.702. The Morgan fingerprint density at radius 2 is 0.934 bits per heavy atom. The van der Waals surface area contributed by atoms with Gasteiger partial charge in [-0.05, 0) is 83.5 Å². The van der Waals surface area contributed by atoms with E-state index in [0.29, 0.717) is 12.8 Å². The van der Waals surface area contributed by atoms with Crippen LogP contribution >= 0.6 is 7.82 Å². The van der Waals surface area contributed by atoms with E-state index in [4.69, 9.17) is 18.5 Å². The number of aliphatic hydroxyl groups excluding tert-OH is 5. The van der Waals surface area contributed by atoms with Crippen LogP contribution in [0.4, 0.5) is 0 Å². The first-order chi connectivity index (χ1) is 29.4. The zero-order chi connectivity index (χ0) is 45.0. The number of ether oxygens (including phenoxy) is 2. The van der Waals surface area contributed by atoms with Gasteiger partial charge in [-0.25, -0.2) is 4.57 Å². The molecule has 14 heteroatoms. The molecular formula is C47H79O13P. The molecule has 1 rings (SSSR count). The monoisotopic (exact) mass is 883 g/mol. The molecule has 13 nitrogen and oxygen atoms in total. The summed E-state index contributed by atoms with van der Waals surface area (Å²) in [6, 6.07) is 0. The number of esters is 2. The molecule has 0 aliphatic heterocycles. The van der Waals surface area contributed by atoms with Crippen LogP contribution in [-0.2, 0) is 32.7 Å². The maximum atomic E-state index is 12.8. The molecule has 0 spiro atoms. The Bertz CT molecular complexity index is 1340. The average molecular weight is 883 g/mol. The second-order valence-electron chi connectivity index (χ2n) is 15.5. The van der Waals surface area contributed by atoms with E-state index in [1.165, 1.54) is 38.5 Å².